The summed E-state index contributed by atoms with van der Waals surface area (Å²) in [5, 5.41) is 10.1. The Morgan fingerprint density at radius 1 is 1.21 bits per heavy atom. The van der Waals surface area contributed by atoms with E-state index in [-0.39, 0.29) is 25.0 Å². The van der Waals surface area contributed by atoms with E-state index in [0.29, 0.717) is 22.4 Å². The summed E-state index contributed by atoms with van der Waals surface area (Å²) < 4.78 is 11.7. The minimum Gasteiger partial charge on any atom is -0.493 e. The molecule has 7 heteroatoms. The Hall–Kier alpha value is -1.95. The lowest BCUT2D eigenvalue weighted by Gasteiger charge is -2.45. The Labute approximate surface area is 173 Å². The molecule has 2 aromatic rings. The van der Waals surface area contributed by atoms with Crippen molar-refractivity contribution in [1.82, 2.24) is 4.90 Å². The van der Waals surface area contributed by atoms with Gasteiger partial charge in [-0.15, -0.1) is 0 Å². The largest absolute Gasteiger partial charge is 0.493 e. The van der Waals surface area contributed by atoms with Gasteiger partial charge in [-0.3, -0.25) is 9.69 Å². The molecule has 28 heavy (non-hydrogen) atoms. The highest BCUT2D eigenvalue weighted by atomic mass is 35.5. The molecule has 0 amide bonds. The molecule has 0 radical (unpaired) electrons. The Morgan fingerprint density at radius 3 is 2.68 bits per heavy atom. The van der Waals surface area contributed by atoms with Gasteiger partial charge in [0.25, 0.3) is 0 Å². The highest BCUT2D eigenvalue weighted by molar-refractivity contribution is 6.35. The van der Waals surface area contributed by atoms with Crippen LogP contribution in [0.15, 0.2) is 36.4 Å². The second-order valence-electron chi connectivity index (χ2n) is 7.26. The highest BCUT2D eigenvalue weighted by Gasteiger charge is 2.36. The van der Waals surface area contributed by atoms with E-state index >= 15 is 0 Å². The summed E-state index contributed by atoms with van der Waals surface area (Å²) in [5.74, 6) is 1.03. The first kappa shape index (κ1) is 19.4. The number of carbonyl (C=O) groups is 1. The molecule has 1 saturated heterocycles. The molecule has 1 N–H and O–H groups in total. The normalized spacial score (nSPS) is 19.4. The molecule has 4 rings (SSSR count). The predicted molar refractivity (Wildman–Crippen MR) is 107 cm³/mol. The minimum atomic E-state index is -0.725. The molecule has 1 fully saturated rings. The zero-order chi connectivity index (χ0) is 19.7. The van der Waals surface area contributed by atoms with E-state index in [4.69, 9.17) is 37.8 Å². The molecule has 0 bridgehead atoms. The lowest BCUT2D eigenvalue weighted by Crippen LogP contribution is -2.50. The second kappa shape index (κ2) is 8.19. The molecule has 2 aliphatic rings. The first-order valence-corrected chi connectivity index (χ1v) is 10.0. The van der Waals surface area contributed by atoms with Gasteiger partial charge in [-0.25, -0.2) is 0 Å². The SMILES string of the molecule is O=C(O)CC1CN(C2CCOc3cc(OCc4c(Cl)cccc4Cl)ccc32)C1. The first-order valence-electron chi connectivity index (χ1n) is 9.29. The first-order chi connectivity index (χ1) is 13.5. The van der Waals surface area contributed by atoms with Crippen molar-refractivity contribution >= 4 is 29.2 Å². The van der Waals surface area contributed by atoms with Crippen LogP contribution in [0.3, 0.4) is 0 Å². The molecule has 1 unspecified atom stereocenters. The van der Waals surface area contributed by atoms with Gasteiger partial charge in [0.05, 0.1) is 13.0 Å². The number of carboxylic acids is 1. The number of likely N-dealkylation sites (tertiary alicyclic amines) is 1. The molecule has 0 spiro atoms. The standard InChI is InChI=1S/C21H21Cl2NO4/c22-17-2-1-3-18(23)16(17)12-28-14-4-5-15-19(6-7-27-20(15)9-14)24-10-13(11-24)8-21(25)26/h1-5,9,13,19H,6-8,10-12H2,(H,25,26). The fourth-order valence-corrected chi connectivity index (χ4v) is 4.39. The summed E-state index contributed by atoms with van der Waals surface area (Å²) in [7, 11) is 0. The maximum absolute atomic E-state index is 10.9. The highest BCUT2D eigenvalue weighted by Crippen LogP contribution is 2.41. The summed E-state index contributed by atoms with van der Waals surface area (Å²) in [6.07, 6.45) is 1.15. The van der Waals surface area contributed by atoms with Crippen molar-refractivity contribution in [2.45, 2.75) is 25.5 Å². The Balaban J connectivity index is 1.43. The van der Waals surface area contributed by atoms with Crippen LogP contribution in [0.1, 0.15) is 30.0 Å². The van der Waals surface area contributed by atoms with Crippen molar-refractivity contribution in [3.8, 4) is 11.5 Å². The van der Waals surface area contributed by atoms with Crippen LogP contribution in [0.2, 0.25) is 10.0 Å². The van der Waals surface area contributed by atoms with Crippen LogP contribution in [-0.2, 0) is 11.4 Å². The minimum absolute atomic E-state index is 0.240. The van der Waals surface area contributed by atoms with Crippen molar-refractivity contribution in [2.24, 2.45) is 5.92 Å². The molecule has 2 aromatic carbocycles. The van der Waals surface area contributed by atoms with E-state index in [9.17, 15) is 4.79 Å². The van der Waals surface area contributed by atoms with Crippen molar-refractivity contribution in [1.29, 1.82) is 0 Å². The molecular weight excluding hydrogens is 401 g/mol. The second-order valence-corrected chi connectivity index (χ2v) is 8.07. The van der Waals surface area contributed by atoms with Gasteiger partial charge in [-0.1, -0.05) is 35.3 Å². The summed E-state index contributed by atoms with van der Waals surface area (Å²) in [6.45, 7) is 2.56. The molecule has 5 nitrogen and oxygen atoms in total. The van der Waals surface area contributed by atoms with Crippen molar-refractivity contribution < 1.29 is 19.4 Å². The van der Waals surface area contributed by atoms with Crippen LogP contribution in [-0.4, -0.2) is 35.7 Å². The molecule has 2 aliphatic heterocycles. The molecular formula is C21H21Cl2NO4. The third-order valence-corrected chi connectivity index (χ3v) is 6.04. The Bertz CT molecular complexity index is 862. The third kappa shape index (κ3) is 4.07. The number of halogens is 2. The Morgan fingerprint density at radius 2 is 1.96 bits per heavy atom. The average Bonchev–Trinajstić information content (AvgIpc) is 2.63. The number of aliphatic carboxylic acids is 1. The number of hydrogen-bond donors (Lipinski definition) is 1. The van der Waals surface area contributed by atoms with Crippen LogP contribution in [0.4, 0.5) is 0 Å². The number of fused-ring (bicyclic) bond motifs is 1. The summed E-state index contributed by atoms with van der Waals surface area (Å²) in [5.41, 5.74) is 1.88. The lowest BCUT2D eigenvalue weighted by atomic mass is 9.89. The van der Waals surface area contributed by atoms with Gasteiger partial charge in [0.1, 0.15) is 18.1 Å². The number of nitrogens with zero attached hydrogens (tertiary/aromatic N) is 1. The van der Waals surface area contributed by atoms with Gasteiger partial charge in [-0.05, 0) is 24.1 Å². The van der Waals surface area contributed by atoms with Crippen LogP contribution >= 0.6 is 23.2 Å². The Kier molecular flexibility index (Phi) is 5.67. The molecule has 0 aromatic heterocycles. The van der Waals surface area contributed by atoms with Crippen LogP contribution in [0.25, 0.3) is 0 Å². The zero-order valence-corrected chi connectivity index (χ0v) is 16.7. The zero-order valence-electron chi connectivity index (χ0n) is 15.2. The van der Waals surface area contributed by atoms with E-state index < -0.39 is 5.97 Å². The summed E-state index contributed by atoms with van der Waals surface area (Å²) in [6, 6.07) is 11.5. The maximum Gasteiger partial charge on any atom is 0.303 e. The number of benzene rings is 2. The van der Waals surface area contributed by atoms with E-state index in [1.165, 1.54) is 0 Å². The van der Waals surface area contributed by atoms with Crippen molar-refractivity contribution in [3.63, 3.8) is 0 Å². The third-order valence-electron chi connectivity index (χ3n) is 5.33. The number of rotatable bonds is 6. The van der Waals surface area contributed by atoms with Gasteiger partial charge in [0.2, 0.25) is 0 Å². The predicted octanol–water partition coefficient (Wildman–Crippen LogP) is 4.80. The average molecular weight is 422 g/mol. The van der Waals surface area contributed by atoms with Crippen LogP contribution < -0.4 is 9.47 Å². The van der Waals surface area contributed by atoms with Crippen LogP contribution in [0.5, 0.6) is 11.5 Å². The molecule has 0 aliphatic carbocycles. The summed E-state index contributed by atoms with van der Waals surface area (Å²) in [4.78, 5) is 13.2. The molecule has 1 atom stereocenters. The number of hydrogen-bond acceptors (Lipinski definition) is 4. The van der Waals surface area contributed by atoms with E-state index in [1.807, 2.05) is 18.2 Å². The van der Waals surface area contributed by atoms with Gasteiger partial charge >= 0.3 is 5.97 Å². The topological polar surface area (TPSA) is 59.0 Å². The van der Waals surface area contributed by atoms with Crippen LogP contribution in [0, 0.1) is 5.92 Å². The van der Waals surface area contributed by atoms with Gasteiger partial charge < -0.3 is 14.6 Å². The lowest BCUT2D eigenvalue weighted by molar-refractivity contribution is -0.140. The smallest absolute Gasteiger partial charge is 0.303 e. The van der Waals surface area contributed by atoms with Crippen molar-refractivity contribution in [2.75, 3.05) is 19.7 Å². The quantitative estimate of drug-likeness (QED) is 0.725. The van der Waals surface area contributed by atoms with E-state index in [0.717, 1.165) is 36.4 Å². The van der Waals surface area contributed by atoms with E-state index in [2.05, 4.69) is 4.90 Å². The number of carboxylic acid groups (broad SMARTS) is 1. The van der Waals surface area contributed by atoms with Crippen molar-refractivity contribution in [3.05, 3.63) is 57.6 Å². The fraction of sp³-hybridized carbons (Fsp3) is 0.381. The van der Waals surface area contributed by atoms with Gasteiger partial charge in [-0.2, -0.15) is 0 Å². The summed E-state index contributed by atoms with van der Waals surface area (Å²) >= 11 is 12.4. The van der Waals surface area contributed by atoms with Gasteiger partial charge in [0.15, 0.2) is 0 Å². The monoisotopic (exact) mass is 421 g/mol. The molecule has 0 saturated carbocycles. The molecule has 148 valence electrons. The maximum atomic E-state index is 10.9. The van der Waals surface area contributed by atoms with Gasteiger partial charge in [0, 0.05) is 52.8 Å². The fourth-order valence-electron chi connectivity index (χ4n) is 3.89. The molecule has 2 heterocycles. The van der Waals surface area contributed by atoms with E-state index in [1.54, 1.807) is 18.2 Å². The number of ether oxygens (including phenoxy) is 2.